The molecule has 2 heterocycles. The Morgan fingerprint density at radius 2 is 1.91 bits per heavy atom. The van der Waals surface area contributed by atoms with E-state index >= 15 is 0 Å². The van der Waals surface area contributed by atoms with Crippen LogP contribution in [0.5, 0.6) is 5.75 Å². The number of aromatic nitrogens is 3. The largest absolute Gasteiger partial charge is 0.496 e. The van der Waals surface area contributed by atoms with Gasteiger partial charge in [-0.25, -0.2) is 4.79 Å². The number of aliphatic carboxylic acids is 1. The maximum atomic E-state index is 12.0. The fourth-order valence-corrected chi connectivity index (χ4v) is 4.93. The number of carboxylic acids is 1. The van der Waals surface area contributed by atoms with Crippen LogP contribution in [0.15, 0.2) is 75.2 Å². The van der Waals surface area contributed by atoms with E-state index in [0.717, 1.165) is 45.7 Å². The van der Waals surface area contributed by atoms with E-state index in [-0.39, 0.29) is 16.0 Å². The van der Waals surface area contributed by atoms with Gasteiger partial charge in [-0.05, 0) is 66.7 Å². The molecule has 0 aliphatic heterocycles. The van der Waals surface area contributed by atoms with Crippen LogP contribution >= 0.6 is 23.4 Å². The Morgan fingerprint density at radius 3 is 2.69 bits per heavy atom. The van der Waals surface area contributed by atoms with Gasteiger partial charge < -0.3 is 18.8 Å². The van der Waals surface area contributed by atoms with Crippen molar-refractivity contribution < 1.29 is 19.1 Å². The Morgan fingerprint density at radius 1 is 1.11 bits per heavy atom. The van der Waals surface area contributed by atoms with Crippen molar-refractivity contribution in [3.8, 4) is 17.2 Å². The molecule has 0 aliphatic carbocycles. The summed E-state index contributed by atoms with van der Waals surface area (Å²) in [5.74, 6) is -0.389. The van der Waals surface area contributed by atoms with Crippen molar-refractivity contribution in [3.05, 3.63) is 76.2 Å². The summed E-state index contributed by atoms with van der Waals surface area (Å²) in [6, 6.07) is 19.2. The van der Waals surface area contributed by atoms with Crippen molar-refractivity contribution in [1.29, 1.82) is 0 Å². The lowest BCUT2D eigenvalue weighted by molar-refractivity contribution is -0.131. The molecule has 0 bridgehead atoms. The first-order valence-corrected chi connectivity index (χ1v) is 12.0. The van der Waals surface area contributed by atoms with Crippen LogP contribution in [0.4, 0.5) is 0 Å². The van der Waals surface area contributed by atoms with Crippen molar-refractivity contribution >= 4 is 57.2 Å². The third kappa shape index (κ3) is 4.38. The molecule has 176 valence electrons. The highest BCUT2D eigenvalue weighted by Crippen LogP contribution is 2.36. The second-order valence-corrected chi connectivity index (χ2v) is 9.10. The third-order valence-electron chi connectivity index (χ3n) is 5.62. The minimum absolute atomic E-state index is 0.0526. The van der Waals surface area contributed by atoms with Gasteiger partial charge in [0.1, 0.15) is 10.7 Å². The average molecular weight is 506 g/mol. The van der Waals surface area contributed by atoms with E-state index in [1.807, 2.05) is 30.3 Å². The molecule has 0 fully saturated rings. The van der Waals surface area contributed by atoms with Crippen molar-refractivity contribution in [2.24, 2.45) is 0 Å². The first kappa shape index (κ1) is 23.0. The SMILES string of the molecule is CCn1c2ccccc2c2cc(/C=C(\Sc3nnc(-c4cc(Cl)ccc4OC)o3)C(=O)O)ccc21. The summed E-state index contributed by atoms with van der Waals surface area (Å²) in [5, 5.41) is 20.7. The highest BCUT2D eigenvalue weighted by molar-refractivity contribution is 8.03. The van der Waals surface area contributed by atoms with Gasteiger partial charge in [0.2, 0.25) is 0 Å². The Hall–Kier alpha value is -3.75. The molecule has 0 radical (unpaired) electrons. The van der Waals surface area contributed by atoms with Gasteiger partial charge in [-0.1, -0.05) is 35.9 Å². The van der Waals surface area contributed by atoms with Crippen LogP contribution in [0.1, 0.15) is 12.5 Å². The second kappa shape index (κ2) is 9.48. The number of para-hydroxylation sites is 1. The number of hydrogen-bond acceptors (Lipinski definition) is 6. The number of carbonyl (C=O) groups is 1. The third-order valence-corrected chi connectivity index (χ3v) is 6.70. The first-order chi connectivity index (χ1) is 17.0. The molecule has 0 amide bonds. The molecule has 0 unspecified atom stereocenters. The molecule has 5 aromatic rings. The number of ether oxygens (including phenoxy) is 1. The number of thioether (sulfide) groups is 1. The summed E-state index contributed by atoms with van der Waals surface area (Å²) in [7, 11) is 1.53. The van der Waals surface area contributed by atoms with Crippen LogP contribution in [-0.2, 0) is 11.3 Å². The summed E-state index contributed by atoms with van der Waals surface area (Å²) < 4.78 is 13.3. The van der Waals surface area contributed by atoms with Gasteiger partial charge in [0.25, 0.3) is 11.1 Å². The molecule has 0 saturated heterocycles. The summed E-state index contributed by atoms with van der Waals surface area (Å²) in [6.07, 6.45) is 1.61. The van der Waals surface area contributed by atoms with Crippen molar-refractivity contribution in [3.63, 3.8) is 0 Å². The number of rotatable bonds is 7. The Bertz CT molecular complexity index is 1610. The molecule has 35 heavy (non-hydrogen) atoms. The lowest BCUT2D eigenvalue weighted by Gasteiger charge is -2.05. The molecule has 0 spiro atoms. The molecule has 3 aromatic carbocycles. The van der Waals surface area contributed by atoms with E-state index in [1.54, 1.807) is 24.3 Å². The predicted molar refractivity (Wildman–Crippen MR) is 138 cm³/mol. The lowest BCUT2D eigenvalue weighted by atomic mass is 10.1. The van der Waals surface area contributed by atoms with Crippen LogP contribution < -0.4 is 4.74 Å². The Kier molecular flexibility index (Phi) is 6.23. The fraction of sp³-hybridized carbons (Fsp3) is 0.115. The van der Waals surface area contributed by atoms with E-state index in [9.17, 15) is 9.90 Å². The minimum atomic E-state index is -1.09. The average Bonchev–Trinajstić information content (AvgIpc) is 3.45. The van der Waals surface area contributed by atoms with E-state index in [1.165, 1.54) is 7.11 Å². The van der Waals surface area contributed by atoms with Gasteiger partial charge in [0.15, 0.2) is 0 Å². The van der Waals surface area contributed by atoms with Gasteiger partial charge in [0.05, 0.1) is 12.7 Å². The summed E-state index contributed by atoms with van der Waals surface area (Å²) >= 11 is 6.98. The Balaban J connectivity index is 1.50. The van der Waals surface area contributed by atoms with Gasteiger partial charge in [-0.3, -0.25) is 0 Å². The fourth-order valence-electron chi connectivity index (χ4n) is 4.09. The van der Waals surface area contributed by atoms with Crippen molar-refractivity contribution in [2.75, 3.05) is 7.11 Å². The maximum Gasteiger partial charge on any atom is 0.342 e. The van der Waals surface area contributed by atoms with E-state index in [4.69, 9.17) is 20.8 Å². The molecule has 0 saturated carbocycles. The van der Waals surface area contributed by atoms with E-state index in [0.29, 0.717) is 16.3 Å². The van der Waals surface area contributed by atoms with Crippen molar-refractivity contribution in [2.45, 2.75) is 18.7 Å². The van der Waals surface area contributed by atoms with Crippen LogP contribution in [0.25, 0.3) is 39.3 Å². The Labute approximate surface area is 210 Å². The number of halogens is 1. The molecule has 5 rings (SSSR count). The van der Waals surface area contributed by atoms with Gasteiger partial charge in [-0.15, -0.1) is 10.2 Å². The molecule has 0 atom stereocenters. The zero-order valence-corrected chi connectivity index (χ0v) is 20.4. The number of carboxylic acid groups (broad SMARTS) is 1. The molecule has 1 N–H and O–H groups in total. The van der Waals surface area contributed by atoms with E-state index in [2.05, 4.69) is 33.8 Å². The molecular weight excluding hydrogens is 486 g/mol. The van der Waals surface area contributed by atoms with E-state index < -0.39 is 5.97 Å². The first-order valence-electron chi connectivity index (χ1n) is 10.8. The molecular formula is C26H20ClN3O4S. The van der Waals surface area contributed by atoms with Crippen molar-refractivity contribution in [1.82, 2.24) is 14.8 Å². The van der Waals surface area contributed by atoms with Crippen LogP contribution in [0.2, 0.25) is 5.02 Å². The topological polar surface area (TPSA) is 90.4 Å². The van der Waals surface area contributed by atoms with Gasteiger partial charge in [0, 0.05) is 33.4 Å². The minimum Gasteiger partial charge on any atom is -0.496 e. The lowest BCUT2D eigenvalue weighted by Crippen LogP contribution is -1.97. The van der Waals surface area contributed by atoms with Gasteiger partial charge in [-0.2, -0.15) is 0 Å². The summed E-state index contributed by atoms with van der Waals surface area (Å²) in [4.78, 5) is 12.1. The van der Waals surface area contributed by atoms with Crippen LogP contribution in [0.3, 0.4) is 0 Å². The number of aryl methyl sites for hydroxylation is 1. The molecule has 9 heteroatoms. The number of benzene rings is 3. The number of methoxy groups -OCH3 is 1. The number of fused-ring (bicyclic) bond motifs is 3. The monoisotopic (exact) mass is 505 g/mol. The standard InChI is InChI=1S/C26H20ClN3O4S/c1-3-30-20-7-5-4-6-17(20)18-12-15(8-10-21(18)30)13-23(25(31)32)35-26-29-28-24(34-26)19-14-16(27)9-11-22(19)33-2/h4-14H,3H2,1-2H3,(H,31,32)/b23-13-. The smallest absolute Gasteiger partial charge is 0.342 e. The zero-order valence-electron chi connectivity index (χ0n) is 18.9. The summed E-state index contributed by atoms with van der Waals surface area (Å²) in [5.41, 5.74) is 3.54. The predicted octanol–water partition coefficient (Wildman–Crippen LogP) is 6.74. The highest BCUT2D eigenvalue weighted by atomic mass is 35.5. The van der Waals surface area contributed by atoms with Crippen LogP contribution in [0, 0.1) is 0 Å². The summed E-state index contributed by atoms with van der Waals surface area (Å²) in [6.45, 7) is 2.95. The normalized spacial score (nSPS) is 11.9. The van der Waals surface area contributed by atoms with Gasteiger partial charge >= 0.3 is 5.97 Å². The molecule has 0 aliphatic rings. The molecule has 7 nitrogen and oxygen atoms in total. The number of nitrogens with zero attached hydrogens (tertiary/aromatic N) is 3. The second-order valence-electron chi connectivity index (χ2n) is 7.67. The highest BCUT2D eigenvalue weighted by Gasteiger charge is 2.19. The van der Waals surface area contributed by atoms with Crippen LogP contribution in [-0.4, -0.2) is 33.0 Å². The zero-order chi connectivity index (χ0) is 24.5. The quantitative estimate of drug-likeness (QED) is 0.193. The maximum absolute atomic E-state index is 12.0. The molecule has 2 aromatic heterocycles. The number of hydrogen-bond donors (Lipinski definition) is 1.